The van der Waals surface area contributed by atoms with Gasteiger partial charge in [-0.25, -0.2) is 9.97 Å². The van der Waals surface area contributed by atoms with Crippen molar-refractivity contribution in [2.75, 3.05) is 5.73 Å². The van der Waals surface area contributed by atoms with Crippen LogP contribution in [0, 0.1) is 0 Å². The van der Waals surface area contributed by atoms with Crippen molar-refractivity contribution in [1.82, 2.24) is 20.1 Å². The largest absolute Gasteiger partial charge is 0.382 e. The third-order valence-corrected chi connectivity index (χ3v) is 5.38. The Morgan fingerprint density at radius 3 is 2.77 bits per heavy atom. The second-order valence-corrected chi connectivity index (χ2v) is 7.73. The Balaban J connectivity index is 1.73. The summed E-state index contributed by atoms with van der Waals surface area (Å²) in [5, 5.41) is 4.16. The van der Waals surface area contributed by atoms with E-state index >= 15 is 0 Å². The summed E-state index contributed by atoms with van der Waals surface area (Å²) in [6.45, 7) is 3.99. The lowest BCUT2D eigenvalue weighted by Crippen LogP contribution is -2.23. The Morgan fingerprint density at radius 1 is 1.20 bits per heavy atom. The van der Waals surface area contributed by atoms with Gasteiger partial charge in [0.2, 0.25) is 5.56 Å². The van der Waals surface area contributed by atoms with E-state index in [9.17, 15) is 4.79 Å². The fourth-order valence-corrected chi connectivity index (χ4v) is 3.33. The molecule has 0 saturated carbocycles. The van der Waals surface area contributed by atoms with Crippen molar-refractivity contribution < 1.29 is 4.52 Å². The minimum Gasteiger partial charge on any atom is -0.382 e. The number of nitrogens with one attached hydrogen (secondary N) is 1. The van der Waals surface area contributed by atoms with Gasteiger partial charge >= 0.3 is 0 Å². The van der Waals surface area contributed by atoms with Gasteiger partial charge in [-0.3, -0.25) is 4.79 Å². The summed E-state index contributed by atoms with van der Waals surface area (Å²) in [6.07, 6.45) is 3.31. The van der Waals surface area contributed by atoms with E-state index in [0.717, 1.165) is 16.7 Å². The Bertz CT molecular complexity index is 1240. The normalized spacial score (nSPS) is 11.6. The predicted molar refractivity (Wildman–Crippen MR) is 116 cm³/mol. The number of nitrogen functional groups attached to an aromatic ring is 1. The number of hydrogen-bond donors (Lipinski definition) is 2. The minimum atomic E-state index is -0.517. The van der Waals surface area contributed by atoms with Gasteiger partial charge in [-0.05, 0) is 17.2 Å². The fraction of sp³-hybridized carbons (Fsp3) is 0.182. The summed E-state index contributed by atoms with van der Waals surface area (Å²) in [7, 11) is 0. The fourth-order valence-electron chi connectivity index (χ4n) is 3.16. The standard InChI is InChI=1S/C22H20ClN5O2/c1-22(2,15-6-7-19(29)25-11-15)18-12-26-21(24)20(27-18)17-9-16(28-30-17)14-5-3-4-13(8-14)10-23/h3-9,11-12H,10H2,1-2H3,(H2,24,26)(H,25,29). The molecule has 0 atom stereocenters. The molecule has 4 aromatic rings. The van der Waals surface area contributed by atoms with Gasteiger partial charge < -0.3 is 15.2 Å². The number of halogens is 1. The van der Waals surface area contributed by atoms with Crippen LogP contribution >= 0.6 is 11.6 Å². The molecule has 0 aliphatic carbocycles. The van der Waals surface area contributed by atoms with E-state index < -0.39 is 5.41 Å². The first kappa shape index (κ1) is 19.8. The molecule has 7 nitrogen and oxygen atoms in total. The molecular weight excluding hydrogens is 402 g/mol. The van der Waals surface area contributed by atoms with Gasteiger partial charge in [-0.1, -0.05) is 43.3 Å². The summed E-state index contributed by atoms with van der Waals surface area (Å²) in [5.74, 6) is 1.08. The summed E-state index contributed by atoms with van der Waals surface area (Å²) in [4.78, 5) is 23.1. The SMILES string of the molecule is CC(C)(c1ccc(=O)[nH]c1)c1cnc(N)c(-c2cc(-c3cccc(CCl)c3)no2)n1. The van der Waals surface area contributed by atoms with Gasteiger partial charge in [0.05, 0.1) is 11.9 Å². The van der Waals surface area contributed by atoms with Crippen LogP contribution in [-0.2, 0) is 11.3 Å². The summed E-state index contributed by atoms with van der Waals surface area (Å²) < 4.78 is 5.54. The first-order chi connectivity index (χ1) is 14.4. The molecule has 4 rings (SSSR count). The van der Waals surface area contributed by atoms with Crippen LogP contribution in [0.1, 0.15) is 30.7 Å². The van der Waals surface area contributed by atoms with Gasteiger partial charge in [-0.2, -0.15) is 0 Å². The Hall–Kier alpha value is -3.45. The number of aromatic nitrogens is 4. The smallest absolute Gasteiger partial charge is 0.247 e. The quantitative estimate of drug-likeness (QED) is 0.468. The first-order valence-electron chi connectivity index (χ1n) is 9.33. The maximum atomic E-state index is 11.4. The van der Waals surface area contributed by atoms with Crippen molar-refractivity contribution in [3.05, 3.63) is 82.0 Å². The van der Waals surface area contributed by atoms with Gasteiger partial charge in [0, 0.05) is 35.2 Å². The number of anilines is 1. The van der Waals surface area contributed by atoms with Crippen molar-refractivity contribution in [3.63, 3.8) is 0 Å². The molecule has 0 bridgehead atoms. The van der Waals surface area contributed by atoms with Crippen LogP contribution in [0.2, 0.25) is 0 Å². The molecule has 0 unspecified atom stereocenters. The van der Waals surface area contributed by atoms with E-state index in [-0.39, 0.29) is 11.4 Å². The molecule has 8 heteroatoms. The van der Waals surface area contributed by atoms with E-state index in [4.69, 9.17) is 26.8 Å². The second-order valence-electron chi connectivity index (χ2n) is 7.47. The molecule has 0 aliphatic rings. The lowest BCUT2D eigenvalue weighted by atomic mass is 9.82. The lowest BCUT2D eigenvalue weighted by Gasteiger charge is -2.24. The predicted octanol–water partition coefficient (Wildman–Crippen LogP) is 4.13. The van der Waals surface area contributed by atoms with Crippen LogP contribution < -0.4 is 11.3 Å². The zero-order valence-corrected chi connectivity index (χ0v) is 17.3. The number of H-pyrrole nitrogens is 1. The van der Waals surface area contributed by atoms with E-state index in [0.29, 0.717) is 28.7 Å². The minimum absolute atomic E-state index is 0.161. The van der Waals surface area contributed by atoms with E-state index in [2.05, 4.69) is 15.1 Å². The lowest BCUT2D eigenvalue weighted by molar-refractivity contribution is 0.433. The van der Waals surface area contributed by atoms with Crippen molar-refractivity contribution >= 4 is 17.4 Å². The molecular formula is C22H20ClN5O2. The zero-order valence-electron chi connectivity index (χ0n) is 16.5. The zero-order chi connectivity index (χ0) is 21.3. The Labute approximate surface area is 177 Å². The molecule has 30 heavy (non-hydrogen) atoms. The molecule has 152 valence electrons. The second kappa shape index (κ2) is 7.76. The first-order valence-corrected chi connectivity index (χ1v) is 9.86. The van der Waals surface area contributed by atoms with Crippen LogP contribution in [-0.4, -0.2) is 20.1 Å². The number of nitrogens with zero attached hydrogens (tertiary/aromatic N) is 3. The average molecular weight is 422 g/mol. The highest BCUT2D eigenvalue weighted by molar-refractivity contribution is 6.17. The number of rotatable bonds is 5. The van der Waals surface area contributed by atoms with Gasteiger partial charge in [0.15, 0.2) is 17.3 Å². The van der Waals surface area contributed by atoms with Crippen molar-refractivity contribution in [1.29, 1.82) is 0 Å². The number of aromatic amines is 1. The third-order valence-electron chi connectivity index (χ3n) is 5.07. The highest BCUT2D eigenvalue weighted by Gasteiger charge is 2.27. The number of alkyl halides is 1. The van der Waals surface area contributed by atoms with Crippen LogP contribution in [0.3, 0.4) is 0 Å². The topological polar surface area (TPSA) is 111 Å². The molecule has 0 saturated heterocycles. The molecule has 3 aromatic heterocycles. The number of pyridine rings is 1. The monoisotopic (exact) mass is 421 g/mol. The molecule has 3 N–H and O–H groups in total. The number of hydrogen-bond acceptors (Lipinski definition) is 6. The number of benzene rings is 1. The Morgan fingerprint density at radius 2 is 2.03 bits per heavy atom. The van der Waals surface area contributed by atoms with Crippen LogP contribution in [0.4, 0.5) is 5.82 Å². The average Bonchev–Trinajstić information content (AvgIpc) is 3.24. The van der Waals surface area contributed by atoms with Crippen molar-refractivity contribution in [3.8, 4) is 22.7 Å². The van der Waals surface area contributed by atoms with E-state index in [1.165, 1.54) is 6.07 Å². The molecule has 0 radical (unpaired) electrons. The third kappa shape index (κ3) is 3.71. The highest BCUT2D eigenvalue weighted by Crippen LogP contribution is 2.33. The van der Waals surface area contributed by atoms with Crippen LogP contribution in [0.15, 0.2) is 64.2 Å². The van der Waals surface area contributed by atoms with Gasteiger partial charge in [0.25, 0.3) is 0 Å². The molecule has 3 heterocycles. The molecule has 1 aromatic carbocycles. The Kier molecular flexibility index (Phi) is 5.13. The number of nitrogens with two attached hydrogens (primary N) is 1. The van der Waals surface area contributed by atoms with E-state index in [1.807, 2.05) is 38.1 Å². The van der Waals surface area contributed by atoms with Crippen molar-refractivity contribution in [2.45, 2.75) is 25.1 Å². The van der Waals surface area contributed by atoms with Crippen molar-refractivity contribution in [2.24, 2.45) is 0 Å². The summed E-state index contributed by atoms with van der Waals surface area (Å²) >= 11 is 5.93. The maximum absolute atomic E-state index is 11.4. The molecule has 0 amide bonds. The van der Waals surface area contributed by atoms with Gasteiger partial charge in [-0.15, -0.1) is 11.6 Å². The van der Waals surface area contributed by atoms with Gasteiger partial charge in [0.1, 0.15) is 5.69 Å². The highest BCUT2D eigenvalue weighted by atomic mass is 35.5. The summed E-state index contributed by atoms with van der Waals surface area (Å²) in [5.41, 5.74) is 9.93. The molecule has 0 spiro atoms. The van der Waals surface area contributed by atoms with E-state index in [1.54, 1.807) is 24.5 Å². The maximum Gasteiger partial charge on any atom is 0.247 e. The summed E-state index contributed by atoms with van der Waals surface area (Å²) in [6, 6.07) is 12.8. The molecule has 0 fully saturated rings. The molecule has 0 aliphatic heterocycles. The van der Waals surface area contributed by atoms with Crippen LogP contribution in [0.5, 0.6) is 0 Å². The van der Waals surface area contributed by atoms with Crippen LogP contribution in [0.25, 0.3) is 22.7 Å².